The van der Waals surface area contributed by atoms with Crippen molar-refractivity contribution in [1.29, 1.82) is 0 Å². The second-order valence-electron chi connectivity index (χ2n) is 4.47. The molecule has 0 unspecified atom stereocenters. The van der Waals surface area contributed by atoms with Gasteiger partial charge in [0, 0.05) is 18.5 Å². The van der Waals surface area contributed by atoms with Crippen molar-refractivity contribution < 1.29 is 5.11 Å². The normalized spacial score (nSPS) is 16.6. The van der Waals surface area contributed by atoms with Crippen LogP contribution in [0.3, 0.4) is 0 Å². The highest BCUT2D eigenvalue weighted by atomic mass is 32.1. The average molecular weight is 247 g/mol. The number of nitrogens with one attached hydrogen (secondary N) is 1. The molecule has 17 heavy (non-hydrogen) atoms. The molecule has 0 aromatic heterocycles. The van der Waals surface area contributed by atoms with Gasteiger partial charge < -0.3 is 10.4 Å². The van der Waals surface area contributed by atoms with E-state index in [1.807, 2.05) is 18.3 Å². The maximum Gasteiger partial charge on any atom is 0.0834 e. The van der Waals surface area contributed by atoms with E-state index in [2.05, 4.69) is 25.2 Å². The largest absolute Gasteiger partial charge is 0.392 e. The lowest BCUT2D eigenvalue weighted by Crippen LogP contribution is -2.06. The number of hydrogen-bond donors (Lipinski definition) is 2. The van der Waals surface area contributed by atoms with Crippen LogP contribution in [0.15, 0.2) is 30.0 Å². The predicted molar refractivity (Wildman–Crippen MR) is 74.0 cm³/mol. The van der Waals surface area contributed by atoms with Gasteiger partial charge in [-0.2, -0.15) is 0 Å². The van der Waals surface area contributed by atoms with E-state index in [0.717, 1.165) is 17.0 Å². The molecule has 1 aromatic carbocycles. The Balaban J connectivity index is 2.31. The Kier molecular flexibility index (Phi) is 3.60. The minimum atomic E-state index is 0.0993. The summed E-state index contributed by atoms with van der Waals surface area (Å²) in [5.74, 6) is 0.342. The van der Waals surface area contributed by atoms with Crippen LogP contribution in [0.2, 0.25) is 0 Å². The second kappa shape index (κ2) is 4.98. The molecule has 2 rings (SSSR count). The third kappa shape index (κ3) is 2.40. The van der Waals surface area contributed by atoms with Crippen LogP contribution in [0.4, 0.5) is 0 Å². The monoisotopic (exact) mass is 247 g/mol. The van der Waals surface area contributed by atoms with Gasteiger partial charge in [-0.05, 0) is 29.2 Å². The van der Waals surface area contributed by atoms with Crippen molar-refractivity contribution in [3.63, 3.8) is 0 Å². The lowest BCUT2D eigenvalue weighted by atomic mass is 9.88. The van der Waals surface area contributed by atoms with Crippen molar-refractivity contribution in [3.05, 3.63) is 46.7 Å². The highest BCUT2D eigenvalue weighted by molar-refractivity contribution is 7.80. The number of benzene rings is 1. The first-order chi connectivity index (χ1) is 8.13. The molecule has 0 bridgehead atoms. The van der Waals surface area contributed by atoms with E-state index in [4.69, 9.17) is 12.2 Å². The Morgan fingerprint density at radius 2 is 2.24 bits per heavy atom. The molecule has 0 aliphatic carbocycles. The summed E-state index contributed by atoms with van der Waals surface area (Å²) in [6.07, 6.45) is 2.86. The summed E-state index contributed by atoms with van der Waals surface area (Å²) in [4.78, 5) is 0.891. The summed E-state index contributed by atoms with van der Waals surface area (Å²) in [6.45, 7) is 4.35. The first-order valence-electron chi connectivity index (χ1n) is 5.81. The zero-order valence-electron chi connectivity index (χ0n) is 10.2. The first kappa shape index (κ1) is 12.3. The number of thiocarbonyl (C=S) groups is 1. The lowest BCUT2D eigenvalue weighted by Gasteiger charge is -2.17. The average Bonchev–Trinajstić information content (AvgIpc) is 2.75. The topological polar surface area (TPSA) is 32.3 Å². The molecule has 0 radical (unpaired) electrons. The third-order valence-corrected chi connectivity index (χ3v) is 3.73. The molecule has 0 saturated heterocycles. The molecule has 1 aromatic rings. The Morgan fingerprint density at radius 1 is 1.47 bits per heavy atom. The fourth-order valence-corrected chi connectivity index (χ4v) is 2.51. The molecule has 1 aliphatic heterocycles. The molecule has 0 amide bonds. The molecule has 0 saturated carbocycles. The molecule has 2 N–H and O–H groups in total. The van der Waals surface area contributed by atoms with Crippen LogP contribution in [-0.2, 0) is 6.61 Å². The van der Waals surface area contributed by atoms with Crippen molar-refractivity contribution in [2.24, 2.45) is 0 Å². The molecule has 1 heterocycles. The molecule has 1 atom stereocenters. The molecule has 0 spiro atoms. The standard InChI is InChI=1S/C14H17NOS/c1-9-11(8-16)4-3-5-13(9)10(2)12-6-14(17)15-7-12/h3-5,7,10,16H,6,8H2,1-2H3,(H,15,17)/t10-/m0/s1. The molecule has 90 valence electrons. The van der Waals surface area contributed by atoms with Gasteiger partial charge in [0.25, 0.3) is 0 Å². The van der Waals surface area contributed by atoms with E-state index in [9.17, 15) is 5.11 Å². The summed E-state index contributed by atoms with van der Waals surface area (Å²) in [7, 11) is 0. The van der Waals surface area contributed by atoms with Crippen LogP contribution in [0, 0.1) is 6.92 Å². The zero-order chi connectivity index (χ0) is 12.4. The number of rotatable bonds is 3. The van der Waals surface area contributed by atoms with Gasteiger partial charge in [0.1, 0.15) is 0 Å². The van der Waals surface area contributed by atoms with E-state index >= 15 is 0 Å². The number of aliphatic hydroxyl groups excluding tert-OH is 1. The summed E-state index contributed by atoms with van der Waals surface area (Å²) in [5.41, 5.74) is 4.77. The van der Waals surface area contributed by atoms with Crippen molar-refractivity contribution in [2.45, 2.75) is 32.8 Å². The lowest BCUT2D eigenvalue weighted by molar-refractivity contribution is 0.281. The van der Waals surface area contributed by atoms with Gasteiger partial charge in [-0.15, -0.1) is 0 Å². The summed E-state index contributed by atoms with van der Waals surface area (Å²) < 4.78 is 0. The van der Waals surface area contributed by atoms with Crippen LogP contribution in [0.25, 0.3) is 0 Å². The highest BCUT2D eigenvalue weighted by Gasteiger charge is 2.19. The molecule has 3 heteroatoms. The van der Waals surface area contributed by atoms with Crippen molar-refractivity contribution >= 4 is 17.2 Å². The first-order valence-corrected chi connectivity index (χ1v) is 6.22. The number of aliphatic hydroxyl groups is 1. The van der Waals surface area contributed by atoms with Crippen molar-refractivity contribution in [1.82, 2.24) is 5.32 Å². The van der Waals surface area contributed by atoms with E-state index < -0.39 is 0 Å². The van der Waals surface area contributed by atoms with Crippen LogP contribution >= 0.6 is 12.2 Å². The van der Waals surface area contributed by atoms with E-state index in [-0.39, 0.29) is 6.61 Å². The van der Waals surface area contributed by atoms with Gasteiger partial charge in [0.2, 0.25) is 0 Å². The van der Waals surface area contributed by atoms with Gasteiger partial charge in [-0.3, -0.25) is 0 Å². The zero-order valence-corrected chi connectivity index (χ0v) is 11.0. The van der Waals surface area contributed by atoms with Crippen LogP contribution in [-0.4, -0.2) is 10.1 Å². The third-order valence-electron chi connectivity index (χ3n) is 3.46. The second-order valence-corrected chi connectivity index (χ2v) is 4.97. The molecular weight excluding hydrogens is 230 g/mol. The molecule has 2 nitrogen and oxygen atoms in total. The Hall–Kier alpha value is -1.19. The fraction of sp³-hybridized carbons (Fsp3) is 0.357. The Morgan fingerprint density at radius 3 is 2.82 bits per heavy atom. The van der Waals surface area contributed by atoms with E-state index in [1.54, 1.807) is 0 Å². The summed E-state index contributed by atoms with van der Waals surface area (Å²) >= 11 is 5.14. The minimum absolute atomic E-state index is 0.0993. The summed E-state index contributed by atoms with van der Waals surface area (Å²) in [6, 6.07) is 6.10. The van der Waals surface area contributed by atoms with Gasteiger partial charge in [-0.25, -0.2) is 0 Å². The highest BCUT2D eigenvalue weighted by Crippen LogP contribution is 2.31. The van der Waals surface area contributed by atoms with Gasteiger partial charge in [0.15, 0.2) is 0 Å². The molecule has 1 aliphatic rings. The van der Waals surface area contributed by atoms with E-state index in [0.29, 0.717) is 5.92 Å². The van der Waals surface area contributed by atoms with Crippen molar-refractivity contribution in [2.75, 3.05) is 0 Å². The van der Waals surface area contributed by atoms with Crippen LogP contribution < -0.4 is 5.32 Å². The SMILES string of the molecule is Cc1c(CO)cccc1[C@@H](C)C1=CNC(=S)C1. The van der Waals surface area contributed by atoms with Crippen LogP contribution in [0.1, 0.15) is 36.0 Å². The summed E-state index contributed by atoms with van der Waals surface area (Å²) in [5, 5.41) is 12.4. The molecule has 0 fully saturated rings. The Bertz CT molecular complexity index is 479. The minimum Gasteiger partial charge on any atom is -0.392 e. The maximum absolute atomic E-state index is 9.28. The van der Waals surface area contributed by atoms with E-state index in [1.165, 1.54) is 16.7 Å². The quantitative estimate of drug-likeness (QED) is 0.806. The maximum atomic E-state index is 9.28. The van der Waals surface area contributed by atoms with Crippen LogP contribution in [0.5, 0.6) is 0 Å². The Labute approximate surface area is 107 Å². The van der Waals surface area contributed by atoms with Gasteiger partial charge in [-0.1, -0.05) is 37.3 Å². The number of hydrogen-bond acceptors (Lipinski definition) is 2. The van der Waals surface area contributed by atoms with Gasteiger partial charge in [0.05, 0.1) is 11.6 Å². The molecular formula is C14H17NOS. The fourth-order valence-electron chi connectivity index (χ4n) is 2.28. The smallest absolute Gasteiger partial charge is 0.0834 e. The predicted octanol–water partition coefficient (Wildman–Crippen LogP) is 2.80. The van der Waals surface area contributed by atoms with Gasteiger partial charge >= 0.3 is 0 Å². The van der Waals surface area contributed by atoms with Crippen molar-refractivity contribution in [3.8, 4) is 0 Å².